The third-order valence-corrected chi connectivity index (χ3v) is 5.12. The predicted molar refractivity (Wildman–Crippen MR) is 110 cm³/mol. The van der Waals surface area contributed by atoms with Crippen molar-refractivity contribution in [3.8, 4) is 11.3 Å². The molecule has 1 aromatic carbocycles. The summed E-state index contributed by atoms with van der Waals surface area (Å²) in [7, 11) is 1.56. The average Bonchev–Trinajstić information content (AvgIpc) is 3.22. The van der Waals surface area contributed by atoms with Crippen LogP contribution in [-0.4, -0.2) is 36.4 Å². The van der Waals surface area contributed by atoms with E-state index in [0.29, 0.717) is 50.0 Å². The summed E-state index contributed by atoms with van der Waals surface area (Å²) >= 11 is 12.3. The van der Waals surface area contributed by atoms with Gasteiger partial charge in [0.05, 0.1) is 22.1 Å². The third-order valence-electron chi connectivity index (χ3n) is 3.63. The lowest BCUT2D eigenvalue weighted by molar-refractivity contribution is -0.115. The second-order valence-corrected chi connectivity index (χ2v) is 7.62. The number of thiocarbonyl (C=S) groups is 1. The maximum absolute atomic E-state index is 12.3. The first kappa shape index (κ1) is 19.6. The van der Waals surface area contributed by atoms with Crippen LogP contribution in [0.2, 0.25) is 5.02 Å². The van der Waals surface area contributed by atoms with Crippen molar-refractivity contribution in [1.82, 2.24) is 10.6 Å². The lowest BCUT2D eigenvalue weighted by Crippen LogP contribution is -2.27. The van der Waals surface area contributed by atoms with E-state index in [1.807, 2.05) is 0 Å². The summed E-state index contributed by atoms with van der Waals surface area (Å²) in [4.78, 5) is 24.5. The van der Waals surface area contributed by atoms with Gasteiger partial charge in [0.2, 0.25) is 0 Å². The number of nitrogens with one attached hydrogen (secondary N) is 2. The van der Waals surface area contributed by atoms with Gasteiger partial charge in [-0.15, -0.1) is 0 Å². The fourth-order valence-electron chi connectivity index (χ4n) is 2.35. The molecule has 1 saturated heterocycles. The molecule has 0 saturated carbocycles. The molecule has 0 atom stereocenters. The molecule has 2 amide bonds. The third kappa shape index (κ3) is 4.78. The number of halogens is 1. The van der Waals surface area contributed by atoms with Crippen LogP contribution in [0.5, 0.6) is 0 Å². The number of thioether (sulfide) groups is 1. The molecule has 2 heterocycles. The molecule has 1 aliphatic rings. The van der Waals surface area contributed by atoms with E-state index in [4.69, 9.17) is 33.0 Å². The van der Waals surface area contributed by atoms with Crippen LogP contribution in [0.3, 0.4) is 0 Å². The summed E-state index contributed by atoms with van der Waals surface area (Å²) in [6, 6.07) is 8.56. The lowest BCUT2D eigenvalue weighted by Gasteiger charge is -2.07. The van der Waals surface area contributed by atoms with Crippen LogP contribution in [0.4, 0.5) is 0 Å². The largest absolute Gasteiger partial charge is 0.457 e. The molecule has 2 aromatic rings. The molecule has 1 fully saturated rings. The van der Waals surface area contributed by atoms with Crippen LogP contribution in [-0.2, 0) is 9.53 Å². The molecule has 0 bridgehead atoms. The number of carbonyl (C=O) groups excluding carboxylic acids is 2. The highest BCUT2D eigenvalue weighted by Gasteiger charge is 2.22. The summed E-state index contributed by atoms with van der Waals surface area (Å²) < 4.78 is 11.1. The van der Waals surface area contributed by atoms with Crippen molar-refractivity contribution < 1.29 is 18.7 Å². The lowest BCUT2D eigenvalue weighted by atomic mass is 10.1. The van der Waals surface area contributed by atoms with E-state index >= 15 is 0 Å². The Morgan fingerprint density at radius 2 is 2.22 bits per heavy atom. The number of ether oxygens (including phenoxy) is 1. The Labute approximate surface area is 170 Å². The Morgan fingerprint density at radius 1 is 1.41 bits per heavy atom. The molecule has 27 heavy (non-hydrogen) atoms. The van der Waals surface area contributed by atoms with Gasteiger partial charge in [-0.05, 0) is 30.3 Å². The number of carbonyl (C=O) groups is 2. The average molecular weight is 423 g/mol. The first-order chi connectivity index (χ1) is 13.0. The highest BCUT2D eigenvalue weighted by Crippen LogP contribution is 2.30. The number of hydrogen-bond donors (Lipinski definition) is 2. The van der Waals surface area contributed by atoms with Gasteiger partial charge in [-0.25, -0.2) is 0 Å². The van der Waals surface area contributed by atoms with Gasteiger partial charge >= 0.3 is 0 Å². The monoisotopic (exact) mass is 422 g/mol. The topological polar surface area (TPSA) is 80.6 Å². The molecule has 0 radical (unpaired) electrons. The summed E-state index contributed by atoms with van der Waals surface area (Å²) in [5.41, 5.74) is 1.04. The van der Waals surface area contributed by atoms with Gasteiger partial charge in [-0.3, -0.25) is 9.59 Å². The van der Waals surface area contributed by atoms with Crippen molar-refractivity contribution in [2.45, 2.75) is 0 Å². The Kier molecular flexibility index (Phi) is 6.33. The number of methoxy groups -OCH3 is 1. The number of rotatable bonds is 6. The van der Waals surface area contributed by atoms with Crippen LogP contribution < -0.4 is 10.6 Å². The van der Waals surface area contributed by atoms with Gasteiger partial charge in [0, 0.05) is 25.3 Å². The standard InChI is InChI=1S/C18H15ClN2O4S2/c1-24-7-6-20-16(22)12-8-10(2-4-13(12)19)14-5-3-11(25-14)9-15-17(23)21-18(26)27-15/h2-5,8-9H,6-7H2,1H3,(H,20,22)(H,21,23,26)/b15-9-. The van der Waals surface area contributed by atoms with E-state index in [2.05, 4.69) is 10.6 Å². The predicted octanol–water partition coefficient (Wildman–Crippen LogP) is 3.47. The van der Waals surface area contributed by atoms with Crippen molar-refractivity contribution >= 4 is 57.8 Å². The maximum Gasteiger partial charge on any atom is 0.263 e. The molecule has 1 aliphatic heterocycles. The molecule has 2 N–H and O–H groups in total. The van der Waals surface area contributed by atoms with E-state index in [1.54, 1.807) is 43.5 Å². The number of furan rings is 1. The molecule has 0 spiro atoms. The zero-order valence-corrected chi connectivity index (χ0v) is 16.6. The Balaban J connectivity index is 1.81. The van der Waals surface area contributed by atoms with Crippen LogP contribution in [0, 0.1) is 0 Å². The number of benzene rings is 1. The molecule has 6 nitrogen and oxygen atoms in total. The van der Waals surface area contributed by atoms with Gasteiger partial charge < -0.3 is 19.8 Å². The van der Waals surface area contributed by atoms with Crippen molar-refractivity contribution in [2.75, 3.05) is 20.3 Å². The molecule has 140 valence electrons. The van der Waals surface area contributed by atoms with Crippen molar-refractivity contribution in [3.63, 3.8) is 0 Å². The molecular weight excluding hydrogens is 408 g/mol. The van der Waals surface area contributed by atoms with E-state index in [9.17, 15) is 9.59 Å². The molecular formula is C18H15ClN2O4S2. The second-order valence-electron chi connectivity index (χ2n) is 5.50. The van der Waals surface area contributed by atoms with Crippen LogP contribution in [0.15, 0.2) is 39.7 Å². The minimum absolute atomic E-state index is 0.246. The van der Waals surface area contributed by atoms with E-state index in [-0.39, 0.29) is 11.8 Å². The summed E-state index contributed by atoms with van der Waals surface area (Å²) in [6.07, 6.45) is 1.62. The van der Waals surface area contributed by atoms with Crippen LogP contribution in [0.1, 0.15) is 16.1 Å². The van der Waals surface area contributed by atoms with E-state index in [0.717, 1.165) is 0 Å². The molecule has 3 rings (SSSR count). The van der Waals surface area contributed by atoms with Crippen LogP contribution >= 0.6 is 35.6 Å². The summed E-state index contributed by atoms with van der Waals surface area (Å²) in [6.45, 7) is 0.796. The molecule has 9 heteroatoms. The van der Waals surface area contributed by atoms with E-state index in [1.165, 1.54) is 11.8 Å². The Hall–Kier alpha value is -2.13. The molecule has 0 unspecified atom stereocenters. The van der Waals surface area contributed by atoms with Gasteiger partial charge in [0.25, 0.3) is 11.8 Å². The number of amides is 2. The van der Waals surface area contributed by atoms with Gasteiger partial charge in [0.15, 0.2) is 0 Å². The van der Waals surface area contributed by atoms with Gasteiger partial charge in [-0.1, -0.05) is 35.6 Å². The smallest absolute Gasteiger partial charge is 0.263 e. The van der Waals surface area contributed by atoms with E-state index < -0.39 is 0 Å². The second kappa shape index (κ2) is 8.71. The minimum atomic E-state index is -0.291. The van der Waals surface area contributed by atoms with Crippen molar-refractivity contribution in [1.29, 1.82) is 0 Å². The highest BCUT2D eigenvalue weighted by atomic mass is 35.5. The zero-order chi connectivity index (χ0) is 19.4. The Bertz CT molecular complexity index is 939. The van der Waals surface area contributed by atoms with Crippen LogP contribution in [0.25, 0.3) is 17.4 Å². The summed E-state index contributed by atoms with van der Waals surface area (Å²) in [5.74, 6) is 0.522. The van der Waals surface area contributed by atoms with Gasteiger partial charge in [0.1, 0.15) is 15.8 Å². The van der Waals surface area contributed by atoms with Crippen molar-refractivity contribution in [2.24, 2.45) is 0 Å². The van der Waals surface area contributed by atoms with Gasteiger partial charge in [-0.2, -0.15) is 0 Å². The quantitative estimate of drug-likeness (QED) is 0.421. The first-order valence-corrected chi connectivity index (χ1v) is 9.50. The maximum atomic E-state index is 12.3. The Morgan fingerprint density at radius 3 is 2.93 bits per heavy atom. The zero-order valence-electron chi connectivity index (χ0n) is 14.2. The molecule has 1 aromatic heterocycles. The first-order valence-electron chi connectivity index (χ1n) is 7.89. The number of hydrogen-bond acceptors (Lipinski definition) is 6. The normalized spacial score (nSPS) is 15.3. The van der Waals surface area contributed by atoms with Crippen molar-refractivity contribution in [3.05, 3.63) is 51.6 Å². The fraction of sp³-hybridized carbons (Fsp3) is 0.167. The highest BCUT2D eigenvalue weighted by molar-refractivity contribution is 8.26. The summed E-state index contributed by atoms with van der Waals surface area (Å²) in [5, 5.41) is 5.63. The molecule has 0 aliphatic carbocycles. The minimum Gasteiger partial charge on any atom is -0.457 e. The fourth-order valence-corrected chi connectivity index (χ4v) is 3.58. The SMILES string of the molecule is COCCNC(=O)c1cc(-c2ccc(/C=C3\SC(=S)NC3=O)o2)ccc1Cl.